The average Bonchev–Trinajstić information content (AvgIpc) is 3.90. The summed E-state index contributed by atoms with van der Waals surface area (Å²) in [5.74, 6) is 0.674. The van der Waals surface area contributed by atoms with Crippen LogP contribution >= 0.6 is 0 Å². The molecule has 0 saturated heterocycles. The van der Waals surface area contributed by atoms with E-state index in [0.717, 1.165) is 94.4 Å². The Hall–Kier alpha value is -6.24. The zero-order chi connectivity index (χ0) is 47.3. The molecule has 7 heteroatoms. The molecular formula is C59H56IrN4OSi-2. The van der Waals surface area contributed by atoms with Crippen LogP contribution in [0.3, 0.4) is 0 Å². The molecule has 66 heavy (non-hydrogen) atoms. The average molecular weight is 1060 g/mol. The molecule has 0 aliphatic carbocycles. The Bertz CT molecular complexity index is 3400. The molecule has 0 aliphatic heterocycles. The predicted octanol–water partition coefficient (Wildman–Crippen LogP) is 15.0. The van der Waals surface area contributed by atoms with Crippen LogP contribution < -0.4 is 5.19 Å². The van der Waals surface area contributed by atoms with Crippen molar-refractivity contribution in [3.63, 3.8) is 0 Å². The smallest absolute Gasteiger partial charge is 0.216 e. The Morgan fingerprint density at radius 2 is 1.42 bits per heavy atom. The largest absolute Gasteiger partial charge is 0.486 e. The molecule has 333 valence electrons. The monoisotopic (exact) mass is 1060 g/mol. The van der Waals surface area contributed by atoms with Gasteiger partial charge in [0.15, 0.2) is 0 Å². The molecule has 0 N–H and O–H groups in total. The van der Waals surface area contributed by atoms with E-state index in [-0.39, 0.29) is 31.4 Å². The molecule has 0 aliphatic rings. The molecular weight excluding hydrogens is 1000 g/mol. The van der Waals surface area contributed by atoms with Crippen molar-refractivity contribution in [1.82, 2.24) is 19.5 Å². The number of para-hydroxylation sites is 2. The van der Waals surface area contributed by atoms with E-state index in [9.17, 15) is 0 Å². The van der Waals surface area contributed by atoms with Gasteiger partial charge in [-0.25, -0.2) is 4.98 Å². The molecule has 1 radical (unpaired) electrons. The van der Waals surface area contributed by atoms with Crippen LogP contribution in [0.4, 0.5) is 0 Å². The fourth-order valence-corrected chi connectivity index (χ4v) is 9.82. The molecule has 0 spiro atoms. The zero-order valence-corrected chi connectivity index (χ0v) is 42.5. The van der Waals surface area contributed by atoms with E-state index in [1.807, 2.05) is 75.5 Å². The number of nitrogens with zero attached hydrogens (tertiary/aromatic N) is 4. The summed E-state index contributed by atoms with van der Waals surface area (Å²) in [6.45, 7) is 19.2. The van der Waals surface area contributed by atoms with Gasteiger partial charge in [-0.3, -0.25) is 4.98 Å². The van der Waals surface area contributed by atoms with Gasteiger partial charge in [0.25, 0.3) is 0 Å². The normalized spacial score (nSPS) is 12.5. The SMILES string of the molecule is Cc1ccc2c(n1)oc1c(-c3nc4ccccc4n3-c3cc(-c4ccccc4)ccc3-c3ccccc3)[c-]ccc12.[2H]C([2H])(c1cc(-c2[c-]ccc(C(C)(C)C)c2)ncc1[Si](C)(C)C)C(C)C.[Ir]. The third-order valence-corrected chi connectivity index (χ3v) is 13.8. The summed E-state index contributed by atoms with van der Waals surface area (Å²) >= 11 is 0. The third-order valence-electron chi connectivity index (χ3n) is 11.8. The number of aromatic nitrogens is 4. The Kier molecular flexibility index (Phi) is 12.5. The van der Waals surface area contributed by atoms with Crippen LogP contribution in [-0.4, -0.2) is 27.6 Å². The summed E-state index contributed by atoms with van der Waals surface area (Å²) in [5.41, 5.74) is 14.4. The van der Waals surface area contributed by atoms with Crippen molar-refractivity contribution in [1.29, 1.82) is 0 Å². The zero-order valence-electron chi connectivity index (χ0n) is 41.1. The van der Waals surface area contributed by atoms with Crippen LogP contribution in [-0.2, 0) is 31.9 Å². The van der Waals surface area contributed by atoms with Gasteiger partial charge in [0.1, 0.15) is 0 Å². The first kappa shape index (κ1) is 43.6. The van der Waals surface area contributed by atoms with Crippen molar-refractivity contribution in [2.75, 3.05) is 0 Å². The maximum Gasteiger partial charge on any atom is 0.216 e. The van der Waals surface area contributed by atoms with Gasteiger partial charge in [0.05, 0.1) is 30.5 Å². The van der Waals surface area contributed by atoms with Gasteiger partial charge in [-0.1, -0.05) is 162 Å². The van der Waals surface area contributed by atoms with Gasteiger partial charge in [0, 0.05) is 51.4 Å². The van der Waals surface area contributed by atoms with Gasteiger partial charge >= 0.3 is 0 Å². The molecule has 0 atom stereocenters. The van der Waals surface area contributed by atoms with E-state index in [1.54, 1.807) is 0 Å². The van der Waals surface area contributed by atoms with Crippen LogP contribution in [0.1, 0.15) is 54.2 Å². The second-order valence-corrected chi connectivity index (χ2v) is 24.2. The van der Waals surface area contributed by atoms with Gasteiger partial charge in [-0.05, 0) is 82.5 Å². The maximum atomic E-state index is 8.69. The fourth-order valence-electron chi connectivity index (χ4n) is 8.42. The van der Waals surface area contributed by atoms with Crippen molar-refractivity contribution in [2.45, 2.75) is 73.0 Å². The van der Waals surface area contributed by atoms with Crippen molar-refractivity contribution in [2.24, 2.45) is 5.92 Å². The molecule has 4 aromatic heterocycles. The van der Waals surface area contributed by atoms with Crippen LogP contribution in [0.15, 0.2) is 162 Å². The van der Waals surface area contributed by atoms with E-state index in [2.05, 4.69) is 165 Å². The number of hydrogen-bond donors (Lipinski definition) is 0. The van der Waals surface area contributed by atoms with Crippen LogP contribution in [0.5, 0.6) is 0 Å². The summed E-state index contributed by atoms with van der Waals surface area (Å²) < 4.78 is 26.1. The Morgan fingerprint density at radius 1 is 0.727 bits per heavy atom. The van der Waals surface area contributed by atoms with E-state index >= 15 is 0 Å². The fraction of sp³-hybridized carbons (Fsp3) is 0.203. The van der Waals surface area contributed by atoms with E-state index in [1.165, 1.54) is 5.56 Å². The molecule has 6 aromatic carbocycles. The number of pyridine rings is 2. The third kappa shape index (κ3) is 9.53. The van der Waals surface area contributed by atoms with Crippen molar-refractivity contribution < 1.29 is 27.3 Å². The van der Waals surface area contributed by atoms with E-state index in [4.69, 9.17) is 17.1 Å². The molecule has 10 rings (SSSR count). The van der Waals surface area contributed by atoms with Gasteiger partial charge < -0.3 is 14.0 Å². The van der Waals surface area contributed by atoms with Crippen LogP contribution in [0.2, 0.25) is 19.6 Å². The quantitative estimate of drug-likeness (QED) is 0.112. The van der Waals surface area contributed by atoms with Crippen LogP contribution in [0, 0.1) is 25.0 Å². The first-order valence-corrected chi connectivity index (χ1v) is 26.0. The maximum absolute atomic E-state index is 8.69. The summed E-state index contributed by atoms with van der Waals surface area (Å²) in [6, 6.07) is 58.9. The molecule has 4 heterocycles. The van der Waals surface area contributed by atoms with Crippen molar-refractivity contribution in [3.05, 3.63) is 187 Å². The number of fused-ring (bicyclic) bond motifs is 4. The first-order chi connectivity index (χ1) is 32.0. The Labute approximate surface area is 407 Å². The molecule has 10 aromatic rings. The molecule has 0 fully saturated rings. The second kappa shape index (κ2) is 18.9. The number of benzene rings is 6. The number of rotatable bonds is 8. The van der Waals surface area contributed by atoms with E-state index in [0.29, 0.717) is 5.71 Å². The molecule has 0 saturated carbocycles. The van der Waals surface area contributed by atoms with E-state index < -0.39 is 14.4 Å². The van der Waals surface area contributed by atoms with Gasteiger partial charge in [-0.2, -0.15) is 0 Å². The Morgan fingerprint density at radius 3 is 2.14 bits per heavy atom. The molecule has 0 unspecified atom stereocenters. The molecule has 0 amide bonds. The predicted molar refractivity (Wildman–Crippen MR) is 275 cm³/mol. The standard InChI is InChI=1S/C37H24N3O.C22H32NSi.Ir/c1-24-19-21-30-29-15-10-16-31(35(29)41-37(30)38-24)36-39-32-17-8-9-18-33(32)40(36)34-23-27(25-11-4-2-5-12-25)20-22-28(34)26-13-6-3-7-14-26;1-16(2)12-18-14-20(23-15-21(18)24(6,7)8)17-10-9-11-19(13-17)22(3,4)5;/h2-15,17-23H,1H3;9,11,13-16H,12H2,1-8H3;/q2*-1;/i;12D2;. The number of aryl methyl sites for hydroxylation is 1. The summed E-state index contributed by atoms with van der Waals surface area (Å²) in [7, 11) is -1.71. The molecule has 0 bridgehead atoms. The second-order valence-electron chi connectivity index (χ2n) is 19.1. The summed E-state index contributed by atoms with van der Waals surface area (Å²) in [4.78, 5) is 14.6. The van der Waals surface area contributed by atoms with Crippen molar-refractivity contribution in [3.8, 4) is 50.6 Å². The number of imidazole rings is 1. The van der Waals surface area contributed by atoms with Crippen molar-refractivity contribution >= 4 is 46.4 Å². The van der Waals surface area contributed by atoms with Gasteiger partial charge in [0.2, 0.25) is 5.71 Å². The molecule has 5 nitrogen and oxygen atoms in total. The minimum Gasteiger partial charge on any atom is -0.486 e. The van der Waals surface area contributed by atoms with Crippen LogP contribution in [0.25, 0.3) is 83.7 Å². The first-order valence-electron chi connectivity index (χ1n) is 23.5. The minimum absolute atomic E-state index is 0. The minimum atomic E-state index is -1.71. The Balaban J connectivity index is 0.000000202. The topological polar surface area (TPSA) is 56.7 Å². The van der Waals surface area contributed by atoms with Gasteiger partial charge in [-0.15, -0.1) is 53.6 Å². The summed E-state index contributed by atoms with van der Waals surface area (Å²) in [5, 5.41) is 3.09. The number of hydrogen-bond acceptors (Lipinski definition) is 4. The summed E-state index contributed by atoms with van der Waals surface area (Å²) in [6.07, 6.45) is 0.531. The number of furan rings is 1.